The van der Waals surface area contributed by atoms with Gasteiger partial charge in [0.15, 0.2) is 0 Å². The molecular weight excluding hydrogens is 184 g/mol. The number of aromatic nitrogens is 1. The van der Waals surface area contributed by atoms with Crippen molar-refractivity contribution < 1.29 is 0 Å². The van der Waals surface area contributed by atoms with Gasteiger partial charge in [0, 0.05) is 16.9 Å². The highest BCUT2D eigenvalue weighted by atomic mass is 14.7. The summed E-state index contributed by atoms with van der Waals surface area (Å²) in [6, 6.07) is 12.0. The van der Waals surface area contributed by atoms with Crippen molar-refractivity contribution in [1.29, 1.82) is 0 Å². The van der Waals surface area contributed by atoms with Crippen LogP contribution in [0, 0.1) is 13.8 Å². The molecule has 0 bridgehead atoms. The SMILES string of the molecule is Cc1ccc(-c2cccc(C)n2)c(N)c1. The highest BCUT2D eigenvalue weighted by molar-refractivity contribution is 5.74. The Morgan fingerprint density at radius 2 is 1.87 bits per heavy atom. The summed E-state index contributed by atoms with van der Waals surface area (Å²) in [7, 11) is 0. The van der Waals surface area contributed by atoms with E-state index in [9.17, 15) is 0 Å². The molecule has 0 aliphatic rings. The van der Waals surface area contributed by atoms with Crippen LogP contribution in [0.5, 0.6) is 0 Å². The standard InChI is InChI=1S/C13H14N2/c1-9-6-7-11(12(14)8-9)13-5-3-4-10(2)15-13/h3-8H,14H2,1-2H3. The van der Waals surface area contributed by atoms with E-state index in [1.165, 1.54) is 5.56 Å². The predicted octanol–water partition coefficient (Wildman–Crippen LogP) is 2.95. The highest BCUT2D eigenvalue weighted by Crippen LogP contribution is 2.24. The lowest BCUT2D eigenvalue weighted by atomic mass is 10.1. The van der Waals surface area contributed by atoms with Crippen LogP contribution in [0.1, 0.15) is 11.3 Å². The zero-order valence-corrected chi connectivity index (χ0v) is 8.99. The van der Waals surface area contributed by atoms with Crippen LogP contribution >= 0.6 is 0 Å². The Hall–Kier alpha value is -1.83. The molecule has 0 saturated heterocycles. The van der Waals surface area contributed by atoms with Crippen LogP contribution in [0.4, 0.5) is 5.69 Å². The maximum Gasteiger partial charge on any atom is 0.0725 e. The molecule has 0 fully saturated rings. The quantitative estimate of drug-likeness (QED) is 0.715. The van der Waals surface area contributed by atoms with E-state index in [2.05, 4.69) is 11.1 Å². The molecule has 1 aromatic heterocycles. The Balaban J connectivity index is 2.54. The van der Waals surface area contributed by atoms with Crippen molar-refractivity contribution in [3.8, 4) is 11.3 Å². The predicted molar refractivity (Wildman–Crippen MR) is 63.6 cm³/mol. The molecule has 0 saturated carbocycles. The monoisotopic (exact) mass is 198 g/mol. The van der Waals surface area contributed by atoms with E-state index in [-0.39, 0.29) is 0 Å². The lowest BCUT2D eigenvalue weighted by Gasteiger charge is -2.06. The van der Waals surface area contributed by atoms with Crippen molar-refractivity contribution in [3.05, 3.63) is 47.7 Å². The molecule has 2 N–H and O–H groups in total. The lowest BCUT2D eigenvalue weighted by Crippen LogP contribution is -1.93. The number of anilines is 1. The first-order chi connectivity index (χ1) is 7.16. The minimum Gasteiger partial charge on any atom is -0.398 e. The minimum absolute atomic E-state index is 0.785. The van der Waals surface area contributed by atoms with Crippen molar-refractivity contribution in [1.82, 2.24) is 4.98 Å². The maximum absolute atomic E-state index is 5.96. The number of hydrogen-bond donors (Lipinski definition) is 1. The van der Waals surface area contributed by atoms with Crippen molar-refractivity contribution >= 4 is 5.69 Å². The van der Waals surface area contributed by atoms with Gasteiger partial charge in [-0.1, -0.05) is 18.2 Å². The Morgan fingerprint density at radius 1 is 1.07 bits per heavy atom. The number of rotatable bonds is 1. The maximum atomic E-state index is 5.96. The van der Waals surface area contributed by atoms with Gasteiger partial charge in [0.05, 0.1) is 5.69 Å². The lowest BCUT2D eigenvalue weighted by molar-refractivity contribution is 1.20. The van der Waals surface area contributed by atoms with Crippen LogP contribution in [-0.4, -0.2) is 4.98 Å². The van der Waals surface area contributed by atoms with E-state index in [0.29, 0.717) is 0 Å². The zero-order valence-electron chi connectivity index (χ0n) is 8.99. The second kappa shape index (κ2) is 3.73. The molecule has 2 aromatic rings. The molecule has 2 heteroatoms. The molecule has 76 valence electrons. The summed E-state index contributed by atoms with van der Waals surface area (Å²) in [5, 5.41) is 0. The molecule has 0 unspecified atom stereocenters. The number of nitrogens with two attached hydrogens (primary N) is 1. The van der Waals surface area contributed by atoms with Crippen LogP contribution < -0.4 is 5.73 Å². The first kappa shape index (κ1) is 9.71. The Bertz CT molecular complexity index is 490. The Labute approximate surface area is 89.8 Å². The first-order valence-electron chi connectivity index (χ1n) is 4.97. The van der Waals surface area contributed by atoms with Gasteiger partial charge in [0.1, 0.15) is 0 Å². The van der Waals surface area contributed by atoms with E-state index < -0.39 is 0 Å². The van der Waals surface area contributed by atoms with Crippen LogP contribution in [0.2, 0.25) is 0 Å². The summed E-state index contributed by atoms with van der Waals surface area (Å²) < 4.78 is 0. The molecule has 0 aliphatic heterocycles. The molecule has 2 nitrogen and oxygen atoms in total. The second-order valence-corrected chi connectivity index (χ2v) is 3.75. The summed E-state index contributed by atoms with van der Waals surface area (Å²) in [6.07, 6.45) is 0. The summed E-state index contributed by atoms with van der Waals surface area (Å²) in [5.74, 6) is 0. The van der Waals surface area contributed by atoms with E-state index in [0.717, 1.165) is 22.6 Å². The van der Waals surface area contributed by atoms with Crippen LogP contribution in [0.15, 0.2) is 36.4 Å². The summed E-state index contributed by atoms with van der Waals surface area (Å²) in [6.45, 7) is 4.01. The van der Waals surface area contributed by atoms with Crippen molar-refractivity contribution in [2.24, 2.45) is 0 Å². The fraction of sp³-hybridized carbons (Fsp3) is 0.154. The van der Waals surface area contributed by atoms with Gasteiger partial charge in [-0.2, -0.15) is 0 Å². The number of nitrogens with zero attached hydrogens (tertiary/aromatic N) is 1. The van der Waals surface area contributed by atoms with Crippen LogP contribution in [0.25, 0.3) is 11.3 Å². The first-order valence-corrected chi connectivity index (χ1v) is 4.97. The fourth-order valence-corrected chi connectivity index (χ4v) is 1.61. The van der Waals surface area contributed by atoms with Crippen molar-refractivity contribution in [3.63, 3.8) is 0 Å². The van der Waals surface area contributed by atoms with Gasteiger partial charge < -0.3 is 5.73 Å². The molecule has 0 spiro atoms. The number of aryl methyl sites for hydroxylation is 2. The fourth-order valence-electron chi connectivity index (χ4n) is 1.61. The third kappa shape index (κ3) is 1.99. The van der Waals surface area contributed by atoms with E-state index in [4.69, 9.17) is 5.73 Å². The van der Waals surface area contributed by atoms with Crippen molar-refractivity contribution in [2.45, 2.75) is 13.8 Å². The highest BCUT2D eigenvalue weighted by Gasteiger charge is 2.03. The molecule has 0 radical (unpaired) electrons. The zero-order chi connectivity index (χ0) is 10.8. The third-order valence-corrected chi connectivity index (χ3v) is 2.37. The Morgan fingerprint density at radius 3 is 2.53 bits per heavy atom. The molecule has 0 aliphatic carbocycles. The second-order valence-electron chi connectivity index (χ2n) is 3.75. The number of pyridine rings is 1. The minimum atomic E-state index is 0.785. The molecule has 2 rings (SSSR count). The van der Waals surface area contributed by atoms with Gasteiger partial charge in [-0.3, -0.25) is 4.98 Å². The van der Waals surface area contributed by atoms with Gasteiger partial charge in [-0.05, 0) is 37.6 Å². The smallest absolute Gasteiger partial charge is 0.0725 e. The number of nitrogen functional groups attached to an aromatic ring is 1. The average Bonchev–Trinajstić information content (AvgIpc) is 2.17. The van der Waals surface area contributed by atoms with E-state index in [1.54, 1.807) is 0 Å². The van der Waals surface area contributed by atoms with E-state index in [1.807, 2.05) is 44.2 Å². The van der Waals surface area contributed by atoms with Gasteiger partial charge in [0.2, 0.25) is 0 Å². The molecule has 1 heterocycles. The van der Waals surface area contributed by atoms with E-state index >= 15 is 0 Å². The third-order valence-electron chi connectivity index (χ3n) is 2.37. The Kier molecular flexibility index (Phi) is 2.42. The van der Waals surface area contributed by atoms with Gasteiger partial charge >= 0.3 is 0 Å². The normalized spacial score (nSPS) is 10.3. The molecule has 0 atom stereocenters. The van der Waals surface area contributed by atoms with Gasteiger partial charge in [0.25, 0.3) is 0 Å². The number of hydrogen-bond acceptors (Lipinski definition) is 2. The average molecular weight is 198 g/mol. The summed E-state index contributed by atoms with van der Waals surface area (Å²) in [5.41, 5.74) is 10.9. The summed E-state index contributed by atoms with van der Waals surface area (Å²) >= 11 is 0. The largest absolute Gasteiger partial charge is 0.398 e. The molecular formula is C13H14N2. The number of benzene rings is 1. The van der Waals surface area contributed by atoms with Gasteiger partial charge in [-0.15, -0.1) is 0 Å². The van der Waals surface area contributed by atoms with Gasteiger partial charge in [-0.25, -0.2) is 0 Å². The topological polar surface area (TPSA) is 38.9 Å². The summed E-state index contributed by atoms with van der Waals surface area (Å²) in [4.78, 5) is 4.45. The molecule has 1 aromatic carbocycles. The van der Waals surface area contributed by atoms with Crippen LogP contribution in [0.3, 0.4) is 0 Å². The molecule has 15 heavy (non-hydrogen) atoms. The molecule has 0 amide bonds. The van der Waals surface area contributed by atoms with Crippen LogP contribution in [-0.2, 0) is 0 Å². The van der Waals surface area contributed by atoms with Crippen molar-refractivity contribution in [2.75, 3.05) is 5.73 Å².